The van der Waals surface area contributed by atoms with Gasteiger partial charge in [0, 0.05) is 18.3 Å². The van der Waals surface area contributed by atoms with Crippen LogP contribution in [0.25, 0.3) is 0 Å². The minimum atomic E-state index is 0.0970. The Hall–Kier alpha value is -1.65. The molecule has 0 aliphatic heterocycles. The number of nitrogens with one attached hydrogen (secondary N) is 1. The second-order valence-electron chi connectivity index (χ2n) is 4.66. The lowest BCUT2D eigenvalue weighted by molar-refractivity contribution is 0.547. The van der Waals surface area contributed by atoms with Crippen molar-refractivity contribution in [3.8, 4) is 0 Å². The molecule has 0 fully saturated rings. The van der Waals surface area contributed by atoms with Crippen LogP contribution in [-0.2, 0) is 13.5 Å². The number of hydrogen-bond acceptors (Lipinski definition) is 3. The highest BCUT2D eigenvalue weighted by Crippen LogP contribution is 2.22. The molecule has 0 aliphatic carbocycles. The second-order valence-corrected chi connectivity index (χ2v) is 4.66. The van der Waals surface area contributed by atoms with Crippen LogP contribution in [0, 0.1) is 13.8 Å². The minimum Gasteiger partial charge on any atom is -0.273 e. The van der Waals surface area contributed by atoms with Gasteiger partial charge in [-0.2, -0.15) is 5.10 Å². The topological polar surface area (TPSA) is 55.9 Å². The molecule has 0 bridgehead atoms. The molecule has 18 heavy (non-hydrogen) atoms. The van der Waals surface area contributed by atoms with Crippen molar-refractivity contribution in [3.05, 3.63) is 52.8 Å². The first-order valence-corrected chi connectivity index (χ1v) is 6.12. The Bertz CT molecular complexity index is 530. The van der Waals surface area contributed by atoms with Gasteiger partial charge in [-0.05, 0) is 31.4 Å². The van der Waals surface area contributed by atoms with E-state index in [-0.39, 0.29) is 6.04 Å². The summed E-state index contributed by atoms with van der Waals surface area (Å²) in [6.07, 6.45) is 2.76. The van der Waals surface area contributed by atoms with Gasteiger partial charge in [0.25, 0.3) is 0 Å². The van der Waals surface area contributed by atoms with E-state index in [9.17, 15) is 0 Å². The number of nitrogens with two attached hydrogens (primary N) is 1. The number of benzene rings is 1. The molecule has 1 atom stereocenters. The summed E-state index contributed by atoms with van der Waals surface area (Å²) in [5, 5.41) is 4.27. The summed E-state index contributed by atoms with van der Waals surface area (Å²) >= 11 is 0. The van der Waals surface area contributed by atoms with Gasteiger partial charge >= 0.3 is 0 Å². The van der Waals surface area contributed by atoms with Crippen LogP contribution in [0.4, 0.5) is 0 Å². The van der Waals surface area contributed by atoms with Gasteiger partial charge in [0.1, 0.15) is 0 Å². The lowest BCUT2D eigenvalue weighted by Gasteiger charge is -2.17. The summed E-state index contributed by atoms with van der Waals surface area (Å²) in [6, 6.07) is 8.48. The summed E-state index contributed by atoms with van der Waals surface area (Å²) < 4.78 is 1.87. The van der Waals surface area contributed by atoms with Gasteiger partial charge in [0.2, 0.25) is 0 Å². The van der Waals surface area contributed by atoms with Gasteiger partial charge in [0.15, 0.2) is 0 Å². The van der Waals surface area contributed by atoms with Crippen LogP contribution in [0.1, 0.15) is 28.4 Å². The van der Waals surface area contributed by atoms with Crippen molar-refractivity contribution in [2.24, 2.45) is 12.9 Å². The maximum absolute atomic E-state index is 5.69. The van der Waals surface area contributed by atoms with Crippen LogP contribution in [0.15, 0.2) is 30.5 Å². The Morgan fingerprint density at radius 2 is 2.06 bits per heavy atom. The van der Waals surface area contributed by atoms with Crippen molar-refractivity contribution in [1.82, 2.24) is 15.2 Å². The number of nitrogens with zero attached hydrogens (tertiary/aromatic N) is 2. The van der Waals surface area contributed by atoms with Gasteiger partial charge in [-0.15, -0.1) is 0 Å². The fourth-order valence-corrected chi connectivity index (χ4v) is 2.18. The predicted molar refractivity (Wildman–Crippen MR) is 72.9 cm³/mol. The van der Waals surface area contributed by atoms with Crippen LogP contribution >= 0.6 is 0 Å². The molecule has 0 saturated carbocycles. The Labute approximate surface area is 108 Å². The van der Waals surface area contributed by atoms with E-state index in [1.54, 1.807) is 0 Å². The Kier molecular flexibility index (Phi) is 3.79. The first kappa shape index (κ1) is 12.8. The third kappa shape index (κ3) is 2.44. The molecule has 0 spiro atoms. The summed E-state index contributed by atoms with van der Waals surface area (Å²) in [7, 11) is 1.94. The van der Waals surface area contributed by atoms with Crippen molar-refractivity contribution >= 4 is 0 Å². The molecule has 4 nitrogen and oxygen atoms in total. The van der Waals surface area contributed by atoms with E-state index in [1.165, 1.54) is 11.1 Å². The molecule has 1 unspecified atom stereocenters. The number of aryl methyl sites for hydroxylation is 2. The number of rotatable bonds is 4. The molecule has 4 heteroatoms. The molecule has 0 radical (unpaired) electrons. The lowest BCUT2D eigenvalue weighted by Crippen LogP contribution is -2.30. The van der Waals surface area contributed by atoms with E-state index in [1.807, 2.05) is 17.9 Å². The highest BCUT2D eigenvalue weighted by Gasteiger charge is 2.16. The minimum absolute atomic E-state index is 0.0970. The van der Waals surface area contributed by atoms with E-state index in [0.717, 1.165) is 17.7 Å². The zero-order chi connectivity index (χ0) is 13.1. The molecule has 1 heterocycles. The molecule has 0 saturated heterocycles. The fraction of sp³-hybridized carbons (Fsp3) is 0.357. The zero-order valence-corrected chi connectivity index (χ0v) is 11.1. The Morgan fingerprint density at radius 3 is 2.61 bits per heavy atom. The van der Waals surface area contributed by atoms with Crippen molar-refractivity contribution in [1.29, 1.82) is 0 Å². The molecule has 0 aliphatic rings. The van der Waals surface area contributed by atoms with Crippen LogP contribution in [0.2, 0.25) is 0 Å². The van der Waals surface area contributed by atoms with Gasteiger partial charge in [-0.1, -0.05) is 24.3 Å². The van der Waals surface area contributed by atoms with E-state index in [2.05, 4.69) is 48.6 Å². The number of hydrogen-bond donors (Lipinski definition) is 2. The first-order chi connectivity index (χ1) is 8.63. The van der Waals surface area contributed by atoms with Crippen molar-refractivity contribution < 1.29 is 0 Å². The zero-order valence-electron chi connectivity index (χ0n) is 11.1. The van der Waals surface area contributed by atoms with Gasteiger partial charge < -0.3 is 0 Å². The highest BCUT2D eigenvalue weighted by atomic mass is 15.3. The Balaban J connectivity index is 2.25. The molecule has 1 aromatic heterocycles. The van der Waals surface area contributed by atoms with Crippen LogP contribution in [0.3, 0.4) is 0 Å². The maximum Gasteiger partial charge on any atom is 0.0540 e. The average Bonchev–Trinajstić information content (AvgIpc) is 2.70. The van der Waals surface area contributed by atoms with Crippen molar-refractivity contribution in [2.75, 3.05) is 0 Å². The number of aromatic nitrogens is 2. The largest absolute Gasteiger partial charge is 0.273 e. The number of hydrazine groups is 1. The maximum atomic E-state index is 5.69. The first-order valence-electron chi connectivity index (χ1n) is 6.12. The van der Waals surface area contributed by atoms with Crippen LogP contribution in [-0.4, -0.2) is 9.78 Å². The highest BCUT2D eigenvalue weighted by molar-refractivity contribution is 5.29. The van der Waals surface area contributed by atoms with Gasteiger partial charge in [0.05, 0.1) is 12.2 Å². The molecule has 2 aromatic rings. The SMILES string of the molecule is Cc1ccccc1CC(NN)c1cnn(C)c1C. The normalized spacial score (nSPS) is 12.7. The summed E-state index contributed by atoms with van der Waals surface area (Å²) in [6.45, 7) is 4.18. The summed E-state index contributed by atoms with van der Waals surface area (Å²) in [5.41, 5.74) is 7.80. The third-order valence-electron chi connectivity index (χ3n) is 3.54. The molecular weight excluding hydrogens is 224 g/mol. The molecule has 3 N–H and O–H groups in total. The lowest BCUT2D eigenvalue weighted by atomic mass is 9.97. The summed E-state index contributed by atoms with van der Waals surface area (Å²) in [5.74, 6) is 5.69. The second kappa shape index (κ2) is 5.33. The fourth-order valence-electron chi connectivity index (χ4n) is 2.18. The molecule has 1 aromatic carbocycles. The average molecular weight is 244 g/mol. The van der Waals surface area contributed by atoms with E-state index in [0.29, 0.717) is 0 Å². The smallest absolute Gasteiger partial charge is 0.0540 e. The molecule has 2 rings (SSSR count). The van der Waals surface area contributed by atoms with Gasteiger partial charge in [-0.25, -0.2) is 0 Å². The summed E-state index contributed by atoms with van der Waals surface area (Å²) in [4.78, 5) is 0. The molecule has 96 valence electrons. The van der Waals surface area contributed by atoms with E-state index in [4.69, 9.17) is 5.84 Å². The third-order valence-corrected chi connectivity index (χ3v) is 3.54. The van der Waals surface area contributed by atoms with E-state index < -0.39 is 0 Å². The predicted octanol–water partition coefficient (Wildman–Crippen LogP) is 1.78. The van der Waals surface area contributed by atoms with Crippen LogP contribution in [0.5, 0.6) is 0 Å². The monoisotopic (exact) mass is 244 g/mol. The van der Waals surface area contributed by atoms with Crippen molar-refractivity contribution in [3.63, 3.8) is 0 Å². The van der Waals surface area contributed by atoms with Crippen molar-refractivity contribution in [2.45, 2.75) is 26.3 Å². The van der Waals surface area contributed by atoms with E-state index >= 15 is 0 Å². The Morgan fingerprint density at radius 1 is 1.33 bits per heavy atom. The quantitative estimate of drug-likeness (QED) is 0.637. The van der Waals surface area contributed by atoms with Crippen LogP contribution < -0.4 is 11.3 Å². The molecule has 0 amide bonds. The molecular formula is C14H20N4. The standard InChI is InChI=1S/C14H20N4/c1-10-6-4-5-7-12(10)8-14(17-15)13-9-16-18(3)11(13)2/h4-7,9,14,17H,8,15H2,1-3H3. The van der Waals surface area contributed by atoms with Gasteiger partial charge in [-0.3, -0.25) is 16.0 Å².